The fraction of sp³-hybridized carbons (Fsp3) is 0.118. The van der Waals surface area contributed by atoms with Crippen LogP contribution in [0.4, 0.5) is 13.2 Å². The number of carbonyl (C=O) groups excluding carboxylic acids is 1. The van der Waals surface area contributed by atoms with Crippen molar-refractivity contribution >= 4 is 17.5 Å². The van der Waals surface area contributed by atoms with Crippen LogP contribution in [-0.4, -0.2) is 16.0 Å². The summed E-state index contributed by atoms with van der Waals surface area (Å²) in [6.07, 6.45) is -4.44. The Kier molecular flexibility index (Phi) is 4.94. The predicted octanol–water partition coefficient (Wildman–Crippen LogP) is 4.34. The van der Waals surface area contributed by atoms with Crippen molar-refractivity contribution in [3.05, 3.63) is 70.6 Å². The second kappa shape index (κ2) is 7.17. The molecule has 0 unspecified atom stereocenters. The summed E-state index contributed by atoms with van der Waals surface area (Å²) in [4.78, 5) is 16.0. The van der Waals surface area contributed by atoms with Crippen LogP contribution in [0.2, 0.25) is 5.02 Å². The molecule has 1 N–H and O–H groups in total. The Labute approximate surface area is 150 Å². The number of alkyl halides is 3. The molecular formula is C17H11ClF3N3O2. The molecule has 0 saturated carbocycles. The van der Waals surface area contributed by atoms with Crippen molar-refractivity contribution < 1.29 is 22.5 Å². The number of hydrogen-bond acceptors (Lipinski definition) is 4. The summed E-state index contributed by atoms with van der Waals surface area (Å²) < 4.78 is 43.0. The molecule has 0 bridgehead atoms. The van der Waals surface area contributed by atoms with Gasteiger partial charge in [0.05, 0.1) is 5.56 Å². The van der Waals surface area contributed by atoms with Gasteiger partial charge in [0.2, 0.25) is 5.82 Å². The lowest BCUT2D eigenvalue weighted by molar-refractivity contribution is -0.137. The molecule has 3 aromatic rings. The molecule has 1 heterocycles. The van der Waals surface area contributed by atoms with E-state index in [1.165, 1.54) is 12.1 Å². The quantitative estimate of drug-likeness (QED) is 0.730. The van der Waals surface area contributed by atoms with Crippen LogP contribution in [0.5, 0.6) is 0 Å². The first kappa shape index (κ1) is 17.9. The van der Waals surface area contributed by atoms with Gasteiger partial charge >= 0.3 is 18.0 Å². The van der Waals surface area contributed by atoms with Gasteiger partial charge in [-0.25, -0.2) is 0 Å². The van der Waals surface area contributed by atoms with Gasteiger partial charge < -0.3 is 9.84 Å². The minimum absolute atomic E-state index is 0.110. The van der Waals surface area contributed by atoms with Crippen LogP contribution >= 0.6 is 11.6 Å². The van der Waals surface area contributed by atoms with E-state index < -0.39 is 17.6 Å². The normalized spacial score (nSPS) is 11.4. The molecule has 3 rings (SSSR count). The van der Waals surface area contributed by atoms with Crippen molar-refractivity contribution in [2.75, 3.05) is 0 Å². The van der Waals surface area contributed by atoms with Gasteiger partial charge in [-0.2, -0.15) is 18.2 Å². The topological polar surface area (TPSA) is 68.0 Å². The van der Waals surface area contributed by atoms with Gasteiger partial charge in [0, 0.05) is 17.1 Å². The van der Waals surface area contributed by atoms with E-state index in [0.717, 1.165) is 12.1 Å². The maximum atomic E-state index is 12.7. The third-order valence-corrected chi connectivity index (χ3v) is 3.68. The summed E-state index contributed by atoms with van der Waals surface area (Å²) in [5, 5.41) is 6.68. The van der Waals surface area contributed by atoms with Crippen LogP contribution in [0.25, 0.3) is 11.4 Å². The number of rotatable bonds is 4. The molecule has 0 aliphatic rings. The van der Waals surface area contributed by atoms with Crippen LogP contribution in [0.15, 0.2) is 53.1 Å². The first-order valence-electron chi connectivity index (χ1n) is 7.37. The zero-order chi connectivity index (χ0) is 18.7. The zero-order valence-electron chi connectivity index (χ0n) is 13.0. The van der Waals surface area contributed by atoms with Gasteiger partial charge in [0.15, 0.2) is 0 Å². The fourth-order valence-corrected chi connectivity index (χ4v) is 2.27. The van der Waals surface area contributed by atoms with Crippen molar-refractivity contribution in [3.8, 4) is 11.4 Å². The van der Waals surface area contributed by atoms with E-state index >= 15 is 0 Å². The molecule has 0 radical (unpaired) electrons. The number of halogens is 4. The van der Waals surface area contributed by atoms with Gasteiger partial charge in [0.25, 0.3) is 0 Å². The van der Waals surface area contributed by atoms with E-state index in [-0.39, 0.29) is 18.3 Å². The highest BCUT2D eigenvalue weighted by atomic mass is 35.5. The first-order chi connectivity index (χ1) is 12.3. The highest BCUT2D eigenvalue weighted by molar-refractivity contribution is 6.30. The summed E-state index contributed by atoms with van der Waals surface area (Å²) in [7, 11) is 0. The van der Waals surface area contributed by atoms with E-state index in [1.807, 2.05) is 0 Å². The smallest absolute Gasteiger partial charge is 0.344 e. The van der Waals surface area contributed by atoms with Crippen molar-refractivity contribution in [3.63, 3.8) is 0 Å². The third-order valence-electron chi connectivity index (χ3n) is 3.43. The number of carbonyl (C=O) groups is 1. The predicted molar refractivity (Wildman–Crippen MR) is 87.4 cm³/mol. The van der Waals surface area contributed by atoms with Crippen LogP contribution in [0, 0.1) is 0 Å². The minimum Gasteiger partial charge on any atom is -0.344 e. The Balaban J connectivity index is 1.67. The van der Waals surface area contributed by atoms with Gasteiger partial charge in [-0.1, -0.05) is 28.9 Å². The number of nitrogens with zero attached hydrogens (tertiary/aromatic N) is 2. The Morgan fingerprint density at radius 3 is 2.58 bits per heavy atom. The second-order valence-corrected chi connectivity index (χ2v) is 5.75. The van der Waals surface area contributed by atoms with E-state index in [2.05, 4.69) is 15.5 Å². The lowest BCUT2D eigenvalue weighted by Gasteiger charge is -2.08. The molecule has 0 fully saturated rings. The maximum absolute atomic E-state index is 12.7. The molecule has 134 valence electrons. The second-order valence-electron chi connectivity index (χ2n) is 5.31. The summed E-state index contributed by atoms with van der Waals surface area (Å²) >= 11 is 5.79. The number of nitrogens with one attached hydrogen (secondary N) is 1. The fourth-order valence-electron chi connectivity index (χ4n) is 2.15. The van der Waals surface area contributed by atoms with E-state index in [1.54, 1.807) is 24.3 Å². The summed E-state index contributed by atoms with van der Waals surface area (Å²) in [6.45, 7) is -0.110. The number of aromatic nitrogens is 2. The molecule has 1 amide bonds. The van der Waals surface area contributed by atoms with Crippen LogP contribution in [0.3, 0.4) is 0 Å². The van der Waals surface area contributed by atoms with Crippen LogP contribution in [-0.2, 0) is 12.7 Å². The lowest BCUT2D eigenvalue weighted by atomic mass is 10.1. The van der Waals surface area contributed by atoms with E-state index in [0.29, 0.717) is 16.1 Å². The zero-order valence-corrected chi connectivity index (χ0v) is 13.8. The van der Waals surface area contributed by atoms with E-state index in [9.17, 15) is 18.0 Å². The maximum Gasteiger partial charge on any atom is 0.416 e. The van der Waals surface area contributed by atoms with Crippen molar-refractivity contribution in [2.24, 2.45) is 0 Å². The Morgan fingerprint density at radius 2 is 1.88 bits per heavy atom. The molecular weight excluding hydrogens is 371 g/mol. The van der Waals surface area contributed by atoms with Crippen molar-refractivity contribution in [2.45, 2.75) is 12.7 Å². The van der Waals surface area contributed by atoms with Gasteiger partial charge in [0.1, 0.15) is 0 Å². The van der Waals surface area contributed by atoms with Gasteiger partial charge in [-0.3, -0.25) is 4.79 Å². The molecule has 1 aromatic heterocycles. The van der Waals surface area contributed by atoms with Gasteiger partial charge in [-0.15, -0.1) is 0 Å². The number of benzene rings is 2. The van der Waals surface area contributed by atoms with Crippen LogP contribution < -0.4 is 5.32 Å². The van der Waals surface area contributed by atoms with Crippen LogP contribution in [0.1, 0.15) is 21.8 Å². The number of amides is 1. The van der Waals surface area contributed by atoms with E-state index in [4.69, 9.17) is 16.1 Å². The summed E-state index contributed by atoms with van der Waals surface area (Å²) in [6, 6.07) is 11.3. The van der Waals surface area contributed by atoms with Crippen molar-refractivity contribution in [1.82, 2.24) is 15.5 Å². The lowest BCUT2D eigenvalue weighted by Crippen LogP contribution is -2.23. The average molecular weight is 382 g/mol. The Bertz CT molecular complexity index is 924. The molecule has 5 nitrogen and oxygen atoms in total. The SMILES string of the molecule is O=C(NCc1cccc(C(F)(F)F)c1)c1nc(-c2ccc(Cl)cc2)no1. The molecule has 0 atom stereocenters. The minimum atomic E-state index is -4.44. The van der Waals surface area contributed by atoms with Crippen molar-refractivity contribution in [1.29, 1.82) is 0 Å². The average Bonchev–Trinajstić information content (AvgIpc) is 3.10. The largest absolute Gasteiger partial charge is 0.416 e. The third kappa shape index (κ3) is 4.20. The summed E-state index contributed by atoms with van der Waals surface area (Å²) in [5.74, 6) is -0.775. The molecule has 26 heavy (non-hydrogen) atoms. The monoisotopic (exact) mass is 381 g/mol. The standard InChI is InChI=1S/C17H11ClF3N3O2/c18-13-6-4-11(5-7-13)14-23-16(26-24-14)15(25)22-9-10-2-1-3-12(8-10)17(19,20)21/h1-8H,9H2,(H,22,25). The molecule has 0 aliphatic carbocycles. The number of hydrogen-bond donors (Lipinski definition) is 1. The molecule has 9 heteroatoms. The Morgan fingerprint density at radius 1 is 1.15 bits per heavy atom. The molecule has 2 aromatic carbocycles. The van der Waals surface area contributed by atoms with Gasteiger partial charge in [-0.05, 0) is 42.0 Å². The molecule has 0 spiro atoms. The molecule has 0 aliphatic heterocycles. The first-order valence-corrected chi connectivity index (χ1v) is 7.75. The highest BCUT2D eigenvalue weighted by Gasteiger charge is 2.30. The molecule has 0 saturated heterocycles. The summed E-state index contributed by atoms with van der Waals surface area (Å²) in [5.41, 5.74) is 0.118. The Hall–Kier alpha value is -2.87. The highest BCUT2D eigenvalue weighted by Crippen LogP contribution is 2.29.